The number of nitrogens with one attached hydrogen (secondary N) is 1. The Balaban J connectivity index is 1.81. The van der Waals surface area contributed by atoms with Crippen LogP contribution < -0.4 is 5.32 Å². The Bertz CT molecular complexity index is 1100. The Morgan fingerprint density at radius 1 is 0.923 bits per heavy atom. The van der Waals surface area contributed by atoms with Crippen LogP contribution in [0.25, 0.3) is 16.7 Å². The molecule has 0 atom stereocenters. The summed E-state index contributed by atoms with van der Waals surface area (Å²) in [5.74, 6) is 2.12. The first kappa shape index (κ1) is 16.5. The standard InChI is InChI=1S/C19H17ClN6/c1-11-8-17(22-15-7-5-4-6-14(11)15)26-18(10-13(3)25-26)23-16-9-12(2)21-19(20)24-16/h4-10H,1-3H3,(H,21,23,24). The highest BCUT2D eigenvalue weighted by Gasteiger charge is 2.12. The number of benzene rings is 1. The van der Waals surface area contributed by atoms with Gasteiger partial charge in [0.1, 0.15) is 11.6 Å². The van der Waals surface area contributed by atoms with Gasteiger partial charge in [-0.15, -0.1) is 0 Å². The summed E-state index contributed by atoms with van der Waals surface area (Å²) in [7, 11) is 0. The van der Waals surface area contributed by atoms with E-state index >= 15 is 0 Å². The second kappa shape index (κ2) is 6.38. The summed E-state index contributed by atoms with van der Waals surface area (Å²) < 4.78 is 1.78. The molecule has 4 aromatic rings. The molecule has 130 valence electrons. The number of para-hydroxylation sites is 1. The highest BCUT2D eigenvalue weighted by atomic mass is 35.5. The average molecular weight is 365 g/mol. The van der Waals surface area contributed by atoms with Crippen LogP contribution in [0.2, 0.25) is 5.28 Å². The molecule has 0 aliphatic carbocycles. The third kappa shape index (κ3) is 3.11. The van der Waals surface area contributed by atoms with Crippen LogP contribution in [-0.2, 0) is 0 Å². The molecule has 4 rings (SSSR count). The maximum Gasteiger partial charge on any atom is 0.224 e. The van der Waals surface area contributed by atoms with Gasteiger partial charge in [-0.1, -0.05) is 18.2 Å². The minimum absolute atomic E-state index is 0.204. The first-order chi connectivity index (χ1) is 12.5. The highest BCUT2D eigenvalue weighted by Crippen LogP contribution is 2.24. The van der Waals surface area contributed by atoms with Crippen molar-refractivity contribution in [3.63, 3.8) is 0 Å². The smallest absolute Gasteiger partial charge is 0.224 e. The molecule has 1 N–H and O–H groups in total. The molecule has 0 bridgehead atoms. The molecule has 0 unspecified atom stereocenters. The van der Waals surface area contributed by atoms with Gasteiger partial charge in [-0.3, -0.25) is 0 Å². The van der Waals surface area contributed by atoms with Crippen molar-refractivity contribution >= 4 is 34.1 Å². The van der Waals surface area contributed by atoms with Gasteiger partial charge in [0, 0.05) is 23.2 Å². The quantitative estimate of drug-likeness (QED) is 0.541. The Hall–Kier alpha value is -2.99. The average Bonchev–Trinajstić information content (AvgIpc) is 2.94. The number of pyridine rings is 1. The van der Waals surface area contributed by atoms with Gasteiger partial charge < -0.3 is 5.32 Å². The van der Waals surface area contributed by atoms with Crippen LogP contribution in [0, 0.1) is 20.8 Å². The number of aryl methyl sites for hydroxylation is 3. The lowest BCUT2D eigenvalue weighted by Gasteiger charge is -2.11. The summed E-state index contributed by atoms with van der Waals surface area (Å²) in [6, 6.07) is 13.9. The lowest BCUT2D eigenvalue weighted by atomic mass is 10.1. The molecule has 6 nitrogen and oxygen atoms in total. The number of halogens is 1. The summed E-state index contributed by atoms with van der Waals surface area (Å²) in [6.07, 6.45) is 0. The maximum atomic E-state index is 5.97. The number of anilines is 2. The van der Waals surface area contributed by atoms with E-state index in [9.17, 15) is 0 Å². The van der Waals surface area contributed by atoms with Crippen LogP contribution in [0.5, 0.6) is 0 Å². The predicted octanol–water partition coefficient (Wildman–Crippen LogP) is 4.53. The van der Waals surface area contributed by atoms with Gasteiger partial charge in [-0.2, -0.15) is 9.78 Å². The zero-order chi connectivity index (χ0) is 18.3. The van der Waals surface area contributed by atoms with Crippen molar-refractivity contribution in [3.8, 4) is 5.82 Å². The van der Waals surface area contributed by atoms with E-state index in [2.05, 4.69) is 33.4 Å². The van der Waals surface area contributed by atoms with Gasteiger partial charge in [0.25, 0.3) is 0 Å². The van der Waals surface area contributed by atoms with Crippen molar-refractivity contribution in [1.82, 2.24) is 24.7 Å². The zero-order valence-electron chi connectivity index (χ0n) is 14.7. The van der Waals surface area contributed by atoms with Crippen LogP contribution in [0.4, 0.5) is 11.6 Å². The van der Waals surface area contributed by atoms with Gasteiger partial charge >= 0.3 is 0 Å². The second-order valence-corrected chi connectivity index (χ2v) is 6.52. The molecular formula is C19H17ClN6. The van der Waals surface area contributed by atoms with Crippen LogP contribution in [0.3, 0.4) is 0 Å². The van der Waals surface area contributed by atoms with Crippen LogP contribution in [0.1, 0.15) is 17.0 Å². The zero-order valence-corrected chi connectivity index (χ0v) is 15.4. The number of hydrogen-bond acceptors (Lipinski definition) is 5. The SMILES string of the molecule is Cc1cc(Nc2cc(C)nn2-c2cc(C)c3ccccc3n2)nc(Cl)n1. The molecule has 0 saturated heterocycles. The normalized spacial score (nSPS) is 11.1. The molecule has 1 aromatic carbocycles. The molecule has 0 amide bonds. The summed E-state index contributed by atoms with van der Waals surface area (Å²) in [5, 5.41) is 9.19. The third-order valence-electron chi connectivity index (χ3n) is 4.04. The number of fused-ring (bicyclic) bond motifs is 1. The fourth-order valence-corrected chi connectivity index (χ4v) is 3.16. The van der Waals surface area contributed by atoms with Crippen molar-refractivity contribution in [1.29, 1.82) is 0 Å². The van der Waals surface area contributed by atoms with E-state index in [-0.39, 0.29) is 5.28 Å². The van der Waals surface area contributed by atoms with E-state index in [0.29, 0.717) is 5.82 Å². The monoisotopic (exact) mass is 364 g/mol. The van der Waals surface area contributed by atoms with Crippen LogP contribution in [0.15, 0.2) is 42.5 Å². The Morgan fingerprint density at radius 3 is 2.54 bits per heavy atom. The highest BCUT2D eigenvalue weighted by molar-refractivity contribution is 6.28. The molecule has 0 spiro atoms. The third-order valence-corrected chi connectivity index (χ3v) is 4.21. The van der Waals surface area contributed by atoms with Gasteiger partial charge in [0.15, 0.2) is 5.82 Å². The lowest BCUT2D eigenvalue weighted by molar-refractivity contribution is 0.842. The van der Waals surface area contributed by atoms with Gasteiger partial charge in [-0.05, 0) is 50.1 Å². The molecule has 3 aromatic heterocycles. The first-order valence-corrected chi connectivity index (χ1v) is 8.59. The van der Waals surface area contributed by atoms with Crippen molar-refractivity contribution in [2.75, 3.05) is 5.32 Å². The van der Waals surface area contributed by atoms with E-state index in [1.54, 1.807) is 4.68 Å². The Labute approximate surface area is 155 Å². The second-order valence-electron chi connectivity index (χ2n) is 6.19. The predicted molar refractivity (Wildman–Crippen MR) is 103 cm³/mol. The van der Waals surface area contributed by atoms with E-state index < -0.39 is 0 Å². The fraction of sp³-hybridized carbons (Fsp3) is 0.158. The maximum absolute atomic E-state index is 5.97. The van der Waals surface area contributed by atoms with Crippen molar-refractivity contribution in [2.45, 2.75) is 20.8 Å². The topological polar surface area (TPSA) is 68.5 Å². The lowest BCUT2D eigenvalue weighted by Crippen LogP contribution is -2.06. The van der Waals surface area contributed by atoms with E-state index in [4.69, 9.17) is 16.6 Å². The van der Waals surface area contributed by atoms with Gasteiger partial charge in [0.05, 0.1) is 11.2 Å². The van der Waals surface area contributed by atoms with Crippen molar-refractivity contribution in [3.05, 3.63) is 64.7 Å². The largest absolute Gasteiger partial charge is 0.325 e. The number of rotatable bonds is 3. The molecule has 0 radical (unpaired) electrons. The summed E-state index contributed by atoms with van der Waals surface area (Å²) >= 11 is 5.97. The number of aromatic nitrogens is 5. The number of nitrogens with zero attached hydrogens (tertiary/aromatic N) is 5. The summed E-state index contributed by atoms with van der Waals surface area (Å²) in [6.45, 7) is 5.88. The molecule has 0 fully saturated rings. The Morgan fingerprint density at radius 2 is 1.73 bits per heavy atom. The van der Waals surface area contributed by atoms with E-state index in [1.165, 1.54) is 0 Å². The molecule has 3 heterocycles. The molecular weight excluding hydrogens is 348 g/mol. The van der Waals surface area contributed by atoms with Crippen LogP contribution in [-0.4, -0.2) is 24.7 Å². The minimum Gasteiger partial charge on any atom is -0.325 e. The Kier molecular flexibility index (Phi) is 4.05. The number of hydrogen-bond donors (Lipinski definition) is 1. The van der Waals surface area contributed by atoms with Crippen molar-refractivity contribution < 1.29 is 0 Å². The first-order valence-electron chi connectivity index (χ1n) is 8.21. The fourth-order valence-electron chi connectivity index (χ4n) is 2.93. The van der Waals surface area contributed by atoms with Crippen LogP contribution >= 0.6 is 11.6 Å². The minimum atomic E-state index is 0.204. The summed E-state index contributed by atoms with van der Waals surface area (Å²) in [5.41, 5.74) is 3.74. The summed E-state index contributed by atoms with van der Waals surface area (Å²) in [4.78, 5) is 13.1. The van der Waals surface area contributed by atoms with E-state index in [1.807, 2.05) is 50.2 Å². The van der Waals surface area contributed by atoms with Gasteiger partial charge in [0.2, 0.25) is 5.28 Å². The van der Waals surface area contributed by atoms with Gasteiger partial charge in [-0.25, -0.2) is 15.0 Å². The molecule has 26 heavy (non-hydrogen) atoms. The van der Waals surface area contributed by atoms with E-state index in [0.717, 1.165) is 39.5 Å². The molecule has 0 aliphatic heterocycles. The molecule has 0 saturated carbocycles. The molecule has 0 aliphatic rings. The van der Waals surface area contributed by atoms with Crippen molar-refractivity contribution in [2.24, 2.45) is 0 Å². The molecule has 7 heteroatoms.